The van der Waals surface area contributed by atoms with Crippen molar-refractivity contribution in [3.63, 3.8) is 0 Å². The lowest BCUT2D eigenvalue weighted by Gasteiger charge is -2.19. The minimum absolute atomic E-state index is 0.148. The predicted molar refractivity (Wildman–Crippen MR) is 127 cm³/mol. The van der Waals surface area contributed by atoms with Gasteiger partial charge in [0.2, 0.25) is 0 Å². The standard InChI is InChI=1S/C23H28O2.C2H7N.CH2O/c1-17(22(25)16-24)6-5-7-18-8-10-19(11-9-18)20-12-14-21(15-13-20)23(2,3)4;1-2-3;1-2/h5-6,8-15,17,24H,7,16H2,1-4H3;2-3H2,1H3;1H2/b6-5-;;. The monoisotopic (exact) mass is 411 g/mol. The van der Waals surface area contributed by atoms with Crippen LogP contribution in [0.4, 0.5) is 0 Å². The number of rotatable bonds is 6. The van der Waals surface area contributed by atoms with Gasteiger partial charge in [-0.15, -0.1) is 0 Å². The van der Waals surface area contributed by atoms with Crippen molar-refractivity contribution < 1.29 is 14.7 Å². The first kappa shape index (κ1) is 27.4. The van der Waals surface area contributed by atoms with Gasteiger partial charge in [0.15, 0.2) is 5.78 Å². The number of hydrogen-bond donors (Lipinski definition) is 2. The van der Waals surface area contributed by atoms with Crippen LogP contribution in [0.5, 0.6) is 0 Å². The molecule has 0 aliphatic carbocycles. The Labute approximate surface area is 181 Å². The van der Waals surface area contributed by atoms with Crippen molar-refractivity contribution in [3.05, 3.63) is 71.8 Å². The van der Waals surface area contributed by atoms with Crippen LogP contribution in [0, 0.1) is 5.92 Å². The zero-order chi connectivity index (χ0) is 23.2. The normalized spacial score (nSPS) is 11.7. The molecule has 2 aromatic rings. The summed E-state index contributed by atoms with van der Waals surface area (Å²) in [6, 6.07) is 17.3. The molecule has 0 aliphatic heterocycles. The maximum Gasteiger partial charge on any atom is 0.164 e. The van der Waals surface area contributed by atoms with Crippen molar-refractivity contribution in [3.8, 4) is 11.1 Å². The molecular formula is C26H37NO3. The molecule has 30 heavy (non-hydrogen) atoms. The second-order valence-electron chi connectivity index (χ2n) is 7.98. The van der Waals surface area contributed by atoms with Crippen molar-refractivity contribution in [2.45, 2.75) is 46.5 Å². The smallest absolute Gasteiger partial charge is 0.164 e. The van der Waals surface area contributed by atoms with Gasteiger partial charge in [-0.25, -0.2) is 0 Å². The number of allylic oxidation sites excluding steroid dienone is 2. The van der Waals surface area contributed by atoms with Crippen molar-refractivity contribution in [1.82, 2.24) is 0 Å². The summed E-state index contributed by atoms with van der Waals surface area (Å²) < 4.78 is 0. The van der Waals surface area contributed by atoms with Crippen LogP contribution < -0.4 is 5.73 Å². The molecule has 2 rings (SSSR count). The van der Waals surface area contributed by atoms with E-state index in [9.17, 15) is 4.79 Å². The summed E-state index contributed by atoms with van der Waals surface area (Å²) in [4.78, 5) is 19.3. The molecule has 0 saturated carbocycles. The number of carbonyl (C=O) groups is 2. The van der Waals surface area contributed by atoms with Crippen LogP contribution in [0.2, 0.25) is 0 Å². The fourth-order valence-corrected chi connectivity index (χ4v) is 2.66. The molecule has 0 aliphatic rings. The summed E-state index contributed by atoms with van der Waals surface area (Å²) in [5, 5.41) is 8.84. The van der Waals surface area contributed by atoms with Gasteiger partial charge in [-0.3, -0.25) is 4.79 Å². The third-order valence-corrected chi connectivity index (χ3v) is 4.48. The third-order valence-electron chi connectivity index (χ3n) is 4.48. The van der Waals surface area contributed by atoms with Crippen molar-refractivity contribution in [1.29, 1.82) is 0 Å². The zero-order valence-electron chi connectivity index (χ0n) is 19.0. The second-order valence-corrected chi connectivity index (χ2v) is 7.98. The summed E-state index contributed by atoms with van der Waals surface area (Å²) in [6.07, 6.45) is 4.63. The molecule has 4 heteroatoms. The number of ketones is 1. The molecule has 1 atom stereocenters. The SMILES string of the molecule is C=O.CC(/C=C\Cc1ccc(-c2ccc(C(C)(C)C)cc2)cc1)C(=O)CO.CCN. The Balaban J connectivity index is 0.00000154. The van der Waals surface area contributed by atoms with Crippen LogP contribution in [0.25, 0.3) is 11.1 Å². The van der Waals surface area contributed by atoms with E-state index in [2.05, 4.69) is 69.3 Å². The number of nitrogens with two attached hydrogens (primary N) is 1. The highest BCUT2D eigenvalue weighted by Gasteiger charge is 2.13. The molecule has 3 N–H and O–H groups in total. The van der Waals surface area contributed by atoms with Gasteiger partial charge in [-0.1, -0.05) is 95.3 Å². The fraction of sp³-hybridized carbons (Fsp3) is 0.385. The second kappa shape index (κ2) is 14.4. The van der Waals surface area contributed by atoms with Crippen LogP contribution in [-0.2, 0) is 21.4 Å². The zero-order valence-corrected chi connectivity index (χ0v) is 19.0. The highest BCUT2D eigenvalue weighted by molar-refractivity contribution is 5.83. The highest BCUT2D eigenvalue weighted by Crippen LogP contribution is 2.26. The van der Waals surface area contributed by atoms with Gasteiger partial charge in [0, 0.05) is 5.92 Å². The van der Waals surface area contributed by atoms with Gasteiger partial charge < -0.3 is 15.6 Å². The molecule has 0 fully saturated rings. The van der Waals surface area contributed by atoms with Gasteiger partial charge in [0.1, 0.15) is 13.4 Å². The van der Waals surface area contributed by atoms with Gasteiger partial charge in [-0.2, -0.15) is 0 Å². The maximum atomic E-state index is 11.3. The van der Waals surface area contributed by atoms with E-state index in [0.717, 1.165) is 13.0 Å². The number of benzene rings is 2. The van der Waals surface area contributed by atoms with E-state index in [4.69, 9.17) is 15.6 Å². The van der Waals surface area contributed by atoms with E-state index in [1.54, 1.807) is 6.92 Å². The van der Waals surface area contributed by atoms with Gasteiger partial charge in [-0.05, 0) is 40.6 Å². The topological polar surface area (TPSA) is 80.4 Å². The Morgan fingerprint density at radius 1 is 1.03 bits per heavy atom. The Morgan fingerprint density at radius 3 is 1.87 bits per heavy atom. The number of carbonyl (C=O) groups excluding carboxylic acids is 2. The Bertz CT molecular complexity index is 756. The van der Waals surface area contributed by atoms with Crippen LogP contribution >= 0.6 is 0 Å². The van der Waals surface area contributed by atoms with Gasteiger partial charge >= 0.3 is 0 Å². The van der Waals surface area contributed by atoms with Crippen molar-refractivity contribution in [2.75, 3.05) is 13.2 Å². The van der Waals surface area contributed by atoms with Crippen molar-refractivity contribution in [2.24, 2.45) is 11.7 Å². The first-order chi connectivity index (χ1) is 14.2. The average Bonchev–Trinajstić information content (AvgIpc) is 2.75. The van der Waals surface area contributed by atoms with E-state index in [0.29, 0.717) is 0 Å². The molecule has 0 saturated heterocycles. The van der Waals surface area contributed by atoms with Gasteiger partial charge in [0.25, 0.3) is 0 Å². The van der Waals surface area contributed by atoms with Gasteiger partial charge in [0.05, 0.1) is 0 Å². The Hall–Kier alpha value is -2.56. The molecule has 0 radical (unpaired) electrons. The number of hydrogen-bond acceptors (Lipinski definition) is 4. The number of aliphatic hydroxyl groups excluding tert-OH is 1. The summed E-state index contributed by atoms with van der Waals surface area (Å²) in [5.41, 5.74) is 9.98. The van der Waals surface area contributed by atoms with Crippen LogP contribution in [0.15, 0.2) is 60.7 Å². The third kappa shape index (κ3) is 9.77. The molecule has 1 unspecified atom stereocenters. The summed E-state index contributed by atoms with van der Waals surface area (Å²) in [7, 11) is 0. The minimum atomic E-state index is -0.395. The summed E-state index contributed by atoms with van der Waals surface area (Å²) in [6.45, 7) is 12.7. The quantitative estimate of drug-likeness (QED) is 0.674. The van der Waals surface area contributed by atoms with Crippen LogP contribution in [0.3, 0.4) is 0 Å². The Morgan fingerprint density at radius 2 is 1.47 bits per heavy atom. The van der Waals surface area contributed by atoms with Crippen LogP contribution in [0.1, 0.15) is 45.7 Å². The molecule has 4 nitrogen and oxygen atoms in total. The van der Waals surface area contributed by atoms with Crippen LogP contribution in [-0.4, -0.2) is 30.8 Å². The maximum absolute atomic E-state index is 11.3. The van der Waals surface area contributed by atoms with E-state index in [1.165, 1.54) is 22.3 Å². The lowest BCUT2D eigenvalue weighted by atomic mass is 9.86. The van der Waals surface area contributed by atoms with E-state index in [1.807, 2.05) is 25.9 Å². The molecule has 0 amide bonds. The highest BCUT2D eigenvalue weighted by atomic mass is 16.3. The molecule has 0 heterocycles. The molecular weight excluding hydrogens is 374 g/mol. The molecule has 0 bridgehead atoms. The lowest BCUT2D eigenvalue weighted by Crippen LogP contribution is -2.12. The minimum Gasteiger partial charge on any atom is -0.389 e. The largest absolute Gasteiger partial charge is 0.389 e. The molecule has 164 valence electrons. The molecule has 0 spiro atoms. The first-order valence-corrected chi connectivity index (χ1v) is 10.2. The lowest BCUT2D eigenvalue weighted by molar-refractivity contribution is -0.123. The predicted octanol–water partition coefficient (Wildman–Crippen LogP) is 4.73. The van der Waals surface area contributed by atoms with E-state index in [-0.39, 0.29) is 17.1 Å². The molecule has 2 aromatic carbocycles. The van der Waals surface area contributed by atoms with E-state index < -0.39 is 6.61 Å². The summed E-state index contributed by atoms with van der Waals surface area (Å²) >= 11 is 0. The first-order valence-electron chi connectivity index (χ1n) is 10.2. The number of Topliss-reactive ketones (excluding diaryl/α,β-unsaturated/α-hetero) is 1. The average molecular weight is 412 g/mol. The summed E-state index contributed by atoms with van der Waals surface area (Å²) in [5.74, 6) is -0.379. The molecule has 0 aromatic heterocycles. The van der Waals surface area contributed by atoms with E-state index >= 15 is 0 Å². The number of aliphatic hydroxyl groups is 1. The fourth-order valence-electron chi connectivity index (χ4n) is 2.66. The van der Waals surface area contributed by atoms with Crippen molar-refractivity contribution >= 4 is 12.6 Å². The Kier molecular flexibility index (Phi) is 13.2.